The van der Waals surface area contributed by atoms with E-state index < -0.39 is 0 Å². The molecule has 3 aromatic rings. The summed E-state index contributed by atoms with van der Waals surface area (Å²) in [4.78, 5) is 25.2. The summed E-state index contributed by atoms with van der Waals surface area (Å²) >= 11 is 0. The van der Waals surface area contributed by atoms with Crippen LogP contribution in [-0.2, 0) is 0 Å². The van der Waals surface area contributed by atoms with Gasteiger partial charge in [-0.1, -0.05) is 18.2 Å². The van der Waals surface area contributed by atoms with Crippen LogP contribution in [0.1, 0.15) is 16.2 Å². The predicted molar refractivity (Wildman–Crippen MR) is 110 cm³/mol. The molecule has 0 radical (unpaired) electrons. The molecule has 1 heterocycles. The van der Waals surface area contributed by atoms with Gasteiger partial charge in [0.15, 0.2) is 0 Å². The molecule has 0 saturated carbocycles. The fourth-order valence-corrected chi connectivity index (χ4v) is 2.65. The molecule has 0 spiro atoms. The second-order valence-corrected chi connectivity index (χ2v) is 6.48. The van der Waals surface area contributed by atoms with Crippen LogP contribution in [-0.4, -0.2) is 37.0 Å². The average Bonchev–Trinajstić information content (AvgIpc) is 2.67. The van der Waals surface area contributed by atoms with E-state index in [1.165, 1.54) is 0 Å². The van der Waals surface area contributed by atoms with E-state index in [9.17, 15) is 4.79 Å². The molecular formula is C21H23N5O. The molecule has 0 aliphatic heterocycles. The molecule has 27 heavy (non-hydrogen) atoms. The lowest BCUT2D eigenvalue weighted by Crippen LogP contribution is -2.27. The van der Waals surface area contributed by atoms with Crippen molar-refractivity contribution < 1.29 is 4.79 Å². The lowest BCUT2D eigenvalue weighted by Gasteiger charge is -2.17. The monoisotopic (exact) mass is 361 g/mol. The van der Waals surface area contributed by atoms with Gasteiger partial charge in [-0.2, -0.15) is 0 Å². The van der Waals surface area contributed by atoms with E-state index in [0.717, 1.165) is 22.8 Å². The zero-order valence-corrected chi connectivity index (χ0v) is 16.0. The van der Waals surface area contributed by atoms with E-state index in [0.29, 0.717) is 11.6 Å². The first kappa shape index (κ1) is 18.4. The Morgan fingerprint density at radius 2 is 1.56 bits per heavy atom. The van der Waals surface area contributed by atoms with E-state index in [4.69, 9.17) is 0 Å². The predicted octanol–water partition coefficient (Wildman–Crippen LogP) is 3.87. The van der Waals surface area contributed by atoms with Crippen LogP contribution in [0.25, 0.3) is 0 Å². The molecule has 1 N–H and O–H groups in total. The van der Waals surface area contributed by atoms with Crippen LogP contribution in [0.2, 0.25) is 0 Å². The van der Waals surface area contributed by atoms with Gasteiger partial charge in [0.2, 0.25) is 5.95 Å². The fourth-order valence-electron chi connectivity index (χ4n) is 2.65. The number of carbonyl (C=O) groups is 1. The van der Waals surface area contributed by atoms with Crippen LogP contribution in [0.15, 0.2) is 60.7 Å². The highest BCUT2D eigenvalue weighted by Gasteiger charge is 2.16. The van der Waals surface area contributed by atoms with Gasteiger partial charge in [0, 0.05) is 43.9 Å². The van der Waals surface area contributed by atoms with Crippen LogP contribution < -0.4 is 15.1 Å². The van der Waals surface area contributed by atoms with Gasteiger partial charge in [0.25, 0.3) is 5.91 Å². The van der Waals surface area contributed by atoms with Crippen molar-refractivity contribution >= 4 is 28.9 Å². The number of anilines is 4. The van der Waals surface area contributed by atoms with E-state index in [1.807, 2.05) is 80.5 Å². The molecule has 0 aliphatic carbocycles. The maximum absolute atomic E-state index is 12.8. The van der Waals surface area contributed by atoms with Crippen molar-refractivity contribution in [3.8, 4) is 0 Å². The van der Waals surface area contributed by atoms with Gasteiger partial charge in [0.05, 0.1) is 0 Å². The average molecular weight is 361 g/mol. The van der Waals surface area contributed by atoms with Gasteiger partial charge in [-0.25, -0.2) is 9.97 Å². The molecule has 138 valence electrons. The van der Waals surface area contributed by atoms with Gasteiger partial charge in [-0.05, 0) is 49.4 Å². The van der Waals surface area contributed by atoms with Crippen LogP contribution in [0.4, 0.5) is 23.0 Å². The highest BCUT2D eigenvalue weighted by molar-refractivity contribution is 6.04. The summed E-state index contributed by atoms with van der Waals surface area (Å²) in [7, 11) is 5.72. The molecule has 2 aromatic carbocycles. The molecule has 0 saturated heterocycles. The minimum Gasteiger partial charge on any atom is -0.378 e. The van der Waals surface area contributed by atoms with E-state index >= 15 is 0 Å². The number of nitrogens with one attached hydrogen (secondary N) is 1. The number of nitrogens with zero attached hydrogens (tertiary/aromatic N) is 4. The topological polar surface area (TPSA) is 61.4 Å². The van der Waals surface area contributed by atoms with Crippen molar-refractivity contribution in [3.05, 3.63) is 72.1 Å². The van der Waals surface area contributed by atoms with Crippen molar-refractivity contribution in [1.29, 1.82) is 0 Å². The molecule has 0 atom stereocenters. The summed E-state index contributed by atoms with van der Waals surface area (Å²) in [6, 6.07) is 19.1. The minimum absolute atomic E-state index is 0.183. The summed E-state index contributed by atoms with van der Waals surface area (Å²) in [6.45, 7) is 1.85. The van der Waals surface area contributed by atoms with Crippen molar-refractivity contribution in [1.82, 2.24) is 9.97 Å². The fraction of sp³-hybridized carbons (Fsp3) is 0.190. The third-order valence-corrected chi connectivity index (χ3v) is 4.16. The number of carbonyl (C=O) groups excluding carboxylic acids is 1. The van der Waals surface area contributed by atoms with E-state index in [2.05, 4.69) is 15.3 Å². The maximum Gasteiger partial charge on any atom is 0.276 e. The third kappa shape index (κ3) is 4.41. The molecule has 0 fully saturated rings. The smallest absolute Gasteiger partial charge is 0.276 e. The molecule has 6 heteroatoms. The Kier molecular flexibility index (Phi) is 5.35. The summed E-state index contributed by atoms with van der Waals surface area (Å²) < 4.78 is 0. The molecule has 1 amide bonds. The largest absolute Gasteiger partial charge is 0.378 e. The Bertz CT molecular complexity index is 923. The third-order valence-electron chi connectivity index (χ3n) is 4.16. The standard InChI is InChI=1S/C21H23N5O/c1-15-14-19(20(27)26(4)18-8-6-5-7-9-18)24-21(22-15)23-16-10-12-17(13-11-16)25(2)3/h5-14H,1-4H3,(H,22,23,24). The molecule has 6 nitrogen and oxygen atoms in total. The Hall–Kier alpha value is -3.41. The number of para-hydroxylation sites is 1. The van der Waals surface area contributed by atoms with Gasteiger partial charge < -0.3 is 15.1 Å². The van der Waals surface area contributed by atoms with Gasteiger partial charge >= 0.3 is 0 Å². The summed E-state index contributed by atoms with van der Waals surface area (Å²) in [5, 5.41) is 3.17. The zero-order chi connectivity index (χ0) is 19.4. The number of aryl methyl sites for hydroxylation is 1. The number of hydrogen-bond donors (Lipinski definition) is 1. The second-order valence-electron chi connectivity index (χ2n) is 6.48. The first-order chi connectivity index (χ1) is 12.9. The lowest BCUT2D eigenvalue weighted by molar-refractivity contribution is 0.0988. The molecule has 3 rings (SSSR count). The SMILES string of the molecule is Cc1cc(C(=O)N(C)c2ccccc2)nc(Nc2ccc(N(C)C)cc2)n1. The van der Waals surface area contributed by atoms with Crippen molar-refractivity contribution in [2.24, 2.45) is 0 Å². The molecule has 0 bridgehead atoms. The lowest BCUT2D eigenvalue weighted by atomic mass is 10.2. The summed E-state index contributed by atoms with van der Waals surface area (Å²) in [5.74, 6) is 0.218. The van der Waals surface area contributed by atoms with E-state index in [-0.39, 0.29) is 5.91 Å². The van der Waals surface area contributed by atoms with Gasteiger partial charge in [-0.15, -0.1) is 0 Å². The number of rotatable bonds is 5. The first-order valence-corrected chi connectivity index (χ1v) is 8.67. The molecule has 0 unspecified atom stereocenters. The van der Waals surface area contributed by atoms with Crippen LogP contribution >= 0.6 is 0 Å². The minimum atomic E-state index is -0.183. The number of hydrogen-bond acceptors (Lipinski definition) is 5. The molecular weight excluding hydrogens is 338 g/mol. The maximum atomic E-state index is 12.8. The van der Waals surface area contributed by atoms with Crippen molar-refractivity contribution in [3.63, 3.8) is 0 Å². The highest BCUT2D eigenvalue weighted by atomic mass is 16.2. The highest BCUT2D eigenvalue weighted by Crippen LogP contribution is 2.20. The van der Waals surface area contributed by atoms with Crippen LogP contribution in [0.3, 0.4) is 0 Å². The normalized spacial score (nSPS) is 10.4. The van der Waals surface area contributed by atoms with Gasteiger partial charge in [0.1, 0.15) is 5.69 Å². The Labute approximate surface area is 159 Å². The van der Waals surface area contributed by atoms with Crippen LogP contribution in [0, 0.1) is 6.92 Å². The van der Waals surface area contributed by atoms with Crippen LogP contribution in [0.5, 0.6) is 0 Å². The van der Waals surface area contributed by atoms with Crippen molar-refractivity contribution in [2.45, 2.75) is 6.92 Å². The Morgan fingerprint density at radius 3 is 2.19 bits per heavy atom. The van der Waals surface area contributed by atoms with Gasteiger partial charge in [-0.3, -0.25) is 4.79 Å². The number of aromatic nitrogens is 2. The Morgan fingerprint density at radius 1 is 0.889 bits per heavy atom. The van der Waals surface area contributed by atoms with E-state index in [1.54, 1.807) is 18.0 Å². The number of benzene rings is 2. The van der Waals surface area contributed by atoms with Crippen molar-refractivity contribution in [2.75, 3.05) is 36.3 Å². The second kappa shape index (κ2) is 7.86. The summed E-state index contributed by atoms with van der Waals surface area (Å²) in [6.07, 6.45) is 0. The summed E-state index contributed by atoms with van der Waals surface area (Å²) in [5.41, 5.74) is 3.85. The molecule has 0 aliphatic rings. The Balaban J connectivity index is 1.82. The zero-order valence-electron chi connectivity index (χ0n) is 16.0. The first-order valence-electron chi connectivity index (χ1n) is 8.67. The quantitative estimate of drug-likeness (QED) is 0.747. The molecule has 1 aromatic heterocycles. The number of amides is 1.